The Morgan fingerprint density at radius 2 is 2.09 bits per heavy atom. The lowest BCUT2D eigenvalue weighted by Crippen LogP contribution is -2.44. The van der Waals surface area contributed by atoms with E-state index in [0.29, 0.717) is 0 Å². The SMILES string of the molecule is CCN1CCCC(CNC(=NC)NCCCOCC2CC2)C1. The van der Waals surface area contributed by atoms with E-state index in [1.54, 1.807) is 0 Å². The number of hydrogen-bond donors (Lipinski definition) is 2. The zero-order valence-corrected chi connectivity index (χ0v) is 14.4. The summed E-state index contributed by atoms with van der Waals surface area (Å²) >= 11 is 0. The summed E-state index contributed by atoms with van der Waals surface area (Å²) in [4.78, 5) is 6.85. The molecule has 2 rings (SSSR count). The van der Waals surface area contributed by atoms with Gasteiger partial charge in [-0.1, -0.05) is 6.92 Å². The summed E-state index contributed by atoms with van der Waals surface area (Å²) in [6.07, 6.45) is 6.43. The van der Waals surface area contributed by atoms with Gasteiger partial charge in [0.1, 0.15) is 0 Å². The molecule has 0 bridgehead atoms. The van der Waals surface area contributed by atoms with Gasteiger partial charge < -0.3 is 20.3 Å². The van der Waals surface area contributed by atoms with Gasteiger partial charge >= 0.3 is 0 Å². The zero-order valence-electron chi connectivity index (χ0n) is 14.4. The van der Waals surface area contributed by atoms with E-state index in [2.05, 4.69) is 27.4 Å². The van der Waals surface area contributed by atoms with Crippen molar-refractivity contribution in [3.63, 3.8) is 0 Å². The van der Waals surface area contributed by atoms with Crippen molar-refractivity contribution in [2.24, 2.45) is 16.8 Å². The van der Waals surface area contributed by atoms with E-state index in [1.165, 1.54) is 45.3 Å². The molecule has 0 radical (unpaired) electrons. The number of aliphatic imine (C=N–C) groups is 1. The summed E-state index contributed by atoms with van der Waals surface area (Å²) in [5.74, 6) is 2.53. The molecule has 1 heterocycles. The van der Waals surface area contributed by atoms with Gasteiger partial charge in [-0.05, 0) is 57.0 Å². The summed E-state index contributed by atoms with van der Waals surface area (Å²) in [6, 6.07) is 0. The molecule has 1 aliphatic heterocycles. The highest BCUT2D eigenvalue weighted by Crippen LogP contribution is 2.28. The molecule has 2 aliphatic rings. The van der Waals surface area contributed by atoms with Crippen molar-refractivity contribution in [2.75, 3.05) is 53.0 Å². The predicted molar refractivity (Wildman–Crippen MR) is 92.4 cm³/mol. The fourth-order valence-corrected chi connectivity index (χ4v) is 2.98. The van der Waals surface area contributed by atoms with Crippen molar-refractivity contribution in [2.45, 2.75) is 39.0 Å². The first-order valence-electron chi connectivity index (χ1n) is 9.06. The molecular weight excluding hydrogens is 276 g/mol. The normalized spacial score (nSPS) is 23.5. The molecule has 22 heavy (non-hydrogen) atoms. The van der Waals surface area contributed by atoms with Crippen LogP contribution in [-0.2, 0) is 4.74 Å². The Morgan fingerprint density at radius 3 is 2.82 bits per heavy atom. The van der Waals surface area contributed by atoms with E-state index < -0.39 is 0 Å². The molecule has 2 N–H and O–H groups in total. The molecule has 128 valence electrons. The molecule has 5 nitrogen and oxygen atoms in total. The molecule has 1 atom stereocenters. The molecule has 2 fully saturated rings. The van der Waals surface area contributed by atoms with Gasteiger partial charge in [-0.2, -0.15) is 0 Å². The van der Waals surface area contributed by atoms with Gasteiger partial charge in [0.05, 0.1) is 0 Å². The fraction of sp³-hybridized carbons (Fsp3) is 0.941. The van der Waals surface area contributed by atoms with Crippen LogP contribution in [0.5, 0.6) is 0 Å². The van der Waals surface area contributed by atoms with Crippen LogP contribution in [-0.4, -0.2) is 63.8 Å². The summed E-state index contributed by atoms with van der Waals surface area (Å²) in [5.41, 5.74) is 0. The van der Waals surface area contributed by atoms with Gasteiger partial charge in [0, 0.05) is 39.9 Å². The van der Waals surface area contributed by atoms with Gasteiger partial charge in [0.2, 0.25) is 0 Å². The minimum absolute atomic E-state index is 0.745. The summed E-state index contributed by atoms with van der Waals surface area (Å²) < 4.78 is 5.65. The van der Waals surface area contributed by atoms with Crippen LogP contribution >= 0.6 is 0 Å². The van der Waals surface area contributed by atoms with E-state index in [0.717, 1.165) is 50.5 Å². The molecule has 1 saturated heterocycles. The molecule has 0 amide bonds. The predicted octanol–water partition coefficient (Wildman–Crippen LogP) is 1.70. The Bertz CT molecular complexity index is 331. The second-order valence-electron chi connectivity index (χ2n) is 6.65. The summed E-state index contributed by atoms with van der Waals surface area (Å²) in [5, 5.41) is 6.86. The monoisotopic (exact) mass is 310 g/mol. The fourth-order valence-electron chi connectivity index (χ4n) is 2.98. The molecule has 0 spiro atoms. The molecule has 0 aromatic carbocycles. The Labute approximate surface area is 135 Å². The maximum atomic E-state index is 5.65. The average Bonchev–Trinajstić information content (AvgIpc) is 3.38. The van der Waals surface area contributed by atoms with Crippen LogP contribution in [0.15, 0.2) is 4.99 Å². The number of nitrogens with one attached hydrogen (secondary N) is 2. The van der Waals surface area contributed by atoms with Crippen molar-refractivity contribution in [1.29, 1.82) is 0 Å². The Morgan fingerprint density at radius 1 is 1.23 bits per heavy atom. The van der Waals surface area contributed by atoms with Crippen LogP contribution in [0.3, 0.4) is 0 Å². The standard InChI is InChI=1S/C17H34N4O/c1-3-21-10-4-6-16(13-21)12-20-17(18-2)19-9-5-11-22-14-15-7-8-15/h15-16H,3-14H2,1-2H3,(H2,18,19,20). The average molecular weight is 310 g/mol. The van der Waals surface area contributed by atoms with Crippen LogP contribution in [0.2, 0.25) is 0 Å². The lowest BCUT2D eigenvalue weighted by molar-refractivity contribution is 0.123. The van der Waals surface area contributed by atoms with Gasteiger partial charge in [0.15, 0.2) is 5.96 Å². The zero-order chi connectivity index (χ0) is 15.6. The van der Waals surface area contributed by atoms with Gasteiger partial charge in [-0.15, -0.1) is 0 Å². The Hall–Kier alpha value is -0.810. The number of guanidine groups is 1. The second-order valence-corrected chi connectivity index (χ2v) is 6.65. The molecule has 0 aromatic heterocycles. The summed E-state index contributed by atoms with van der Waals surface area (Å²) in [6.45, 7) is 9.67. The van der Waals surface area contributed by atoms with Crippen LogP contribution in [0.25, 0.3) is 0 Å². The highest BCUT2D eigenvalue weighted by Gasteiger charge is 2.21. The number of ether oxygens (including phenoxy) is 1. The third-order valence-electron chi connectivity index (χ3n) is 4.64. The first-order valence-corrected chi connectivity index (χ1v) is 9.06. The quantitative estimate of drug-likeness (QED) is 0.387. The van der Waals surface area contributed by atoms with Crippen molar-refractivity contribution < 1.29 is 4.74 Å². The maximum Gasteiger partial charge on any atom is 0.190 e. The Balaban J connectivity index is 1.50. The first kappa shape index (κ1) is 17.5. The lowest BCUT2D eigenvalue weighted by Gasteiger charge is -2.32. The van der Waals surface area contributed by atoms with Gasteiger partial charge in [-0.3, -0.25) is 4.99 Å². The van der Waals surface area contributed by atoms with E-state index in [4.69, 9.17) is 4.74 Å². The number of piperidine rings is 1. The lowest BCUT2D eigenvalue weighted by atomic mass is 9.98. The largest absolute Gasteiger partial charge is 0.381 e. The Kier molecular flexibility index (Phi) is 8.02. The topological polar surface area (TPSA) is 48.9 Å². The molecule has 1 unspecified atom stereocenters. The maximum absolute atomic E-state index is 5.65. The second kappa shape index (κ2) is 10.1. The number of likely N-dealkylation sites (tertiary alicyclic amines) is 1. The third kappa shape index (κ3) is 6.97. The molecule has 1 aliphatic carbocycles. The van der Waals surface area contributed by atoms with Crippen LogP contribution in [0.4, 0.5) is 0 Å². The van der Waals surface area contributed by atoms with Crippen LogP contribution < -0.4 is 10.6 Å². The minimum Gasteiger partial charge on any atom is -0.381 e. The number of nitrogens with zero attached hydrogens (tertiary/aromatic N) is 2. The van der Waals surface area contributed by atoms with Gasteiger partial charge in [-0.25, -0.2) is 0 Å². The molecular formula is C17H34N4O. The molecule has 5 heteroatoms. The van der Waals surface area contributed by atoms with Crippen LogP contribution in [0.1, 0.15) is 39.0 Å². The molecule has 0 aromatic rings. The smallest absolute Gasteiger partial charge is 0.190 e. The van der Waals surface area contributed by atoms with Crippen molar-refractivity contribution in [3.05, 3.63) is 0 Å². The third-order valence-corrected chi connectivity index (χ3v) is 4.64. The summed E-state index contributed by atoms with van der Waals surface area (Å²) in [7, 11) is 1.85. The van der Waals surface area contributed by atoms with E-state index >= 15 is 0 Å². The van der Waals surface area contributed by atoms with Crippen molar-refractivity contribution >= 4 is 5.96 Å². The minimum atomic E-state index is 0.745. The first-order chi connectivity index (χ1) is 10.8. The van der Waals surface area contributed by atoms with E-state index in [-0.39, 0.29) is 0 Å². The van der Waals surface area contributed by atoms with Crippen molar-refractivity contribution in [1.82, 2.24) is 15.5 Å². The highest BCUT2D eigenvalue weighted by atomic mass is 16.5. The van der Waals surface area contributed by atoms with E-state index in [9.17, 15) is 0 Å². The van der Waals surface area contributed by atoms with Gasteiger partial charge in [0.25, 0.3) is 0 Å². The number of rotatable bonds is 9. The number of hydrogen-bond acceptors (Lipinski definition) is 3. The van der Waals surface area contributed by atoms with Crippen LogP contribution in [0, 0.1) is 11.8 Å². The van der Waals surface area contributed by atoms with E-state index in [1.807, 2.05) is 7.05 Å². The van der Waals surface area contributed by atoms with Crippen molar-refractivity contribution in [3.8, 4) is 0 Å². The highest BCUT2D eigenvalue weighted by molar-refractivity contribution is 5.79. The molecule has 1 saturated carbocycles.